The summed E-state index contributed by atoms with van der Waals surface area (Å²) in [6, 6.07) is 10.3. The fourth-order valence-corrected chi connectivity index (χ4v) is 2.95. The Balaban J connectivity index is 2.01. The van der Waals surface area contributed by atoms with Crippen molar-refractivity contribution in [3.8, 4) is 0 Å². The molecule has 1 fully saturated rings. The molecular weight excluding hydrogens is 238 g/mol. The molecule has 100 valence electrons. The number of benzene rings is 1. The van der Waals surface area contributed by atoms with Gasteiger partial charge in [-0.25, -0.2) is 0 Å². The zero-order valence-electron chi connectivity index (χ0n) is 11.1. The summed E-state index contributed by atoms with van der Waals surface area (Å²) in [5.74, 6) is 5.77. The molecule has 1 aliphatic carbocycles. The minimum atomic E-state index is -0.169. The number of methoxy groups -OCH3 is 1. The van der Waals surface area contributed by atoms with Crippen LogP contribution in [0.25, 0.3) is 10.9 Å². The van der Waals surface area contributed by atoms with Crippen LogP contribution in [-0.4, -0.2) is 17.7 Å². The Hall–Kier alpha value is -1.49. The van der Waals surface area contributed by atoms with Gasteiger partial charge in [0.2, 0.25) is 0 Å². The van der Waals surface area contributed by atoms with E-state index in [1.807, 2.05) is 12.3 Å². The first-order valence-electron chi connectivity index (χ1n) is 6.65. The van der Waals surface area contributed by atoms with Crippen LogP contribution in [0.1, 0.15) is 30.9 Å². The van der Waals surface area contributed by atoms with Crippen molar-refractivity contribution in [1.82, 2.24) is 10.4 Å². The topological polar surface area (TPSA) is 60.2 Å². The zero-order chi connectivity index (χ0) is 13.3. The van der Waals surface area contributed by atoms with E-state index in [9.17, 15) is 0 Å². The lowest BCUT2D eigenvalue weighted by atomic mass is 9.72. The van der Waals surface area contributed by atoms with Crippen molar-refractivity contribution in [2.45, 2.75) is 30.9 Å². The van der Waals surface area contributed by atoms with Gasteiger partial charge in [-0.1, -0.05) is 18.2 Å². The molecule has 1 aliphatic rings. The Bertz CT molecular complexity index is 575. The van der Waals surface area contributed by atoms with Crippen molar-refractivity contribution in [1.29, 1.82) is 0 Å². The minimum Gasteiger partial charge on any atom is -0.376 e. The lowest BCUT2D eigenvalue weighted by Gasteiger charge is -2.46. The van der Waals surface area contributed by atoms with Crippen LogP contribution in [0.3, 0.4) is 0 Å². The third kappa shape index (κ3) is 2.02. The van der Waals surface area contributed by atoms with Gasteiger partial charge in [0.1, 0.15) is 0 Å². The number of fused-ring (bicyclic) bond motifs is 1. The smallest absolute Gasteiger partial charge is 0.0885 e. The number of nitrogens with one attached hydrogen (secondary N) is 1. The van der Waals surface area contributed by atoms with Crippen LogP contribution >= 0.6 is 0 Å². The molecular formula is C15H19N3O. The van der Waals surface area contributed by atoms with E-state index in [4.69, 9.17) is 10.6 Å². The van der Waals surface area contributed by atoms with Crippen LogP contribution in [0.15, 0.2) is 36.5 Å². The summed E-state index contributed by atoms with van der Waals surface area (Å²) >= 11 is 0. The monoisotopic (exact) mass is 257 g/mol. The van der Waals surface area contributed by atoms with Crippen LogP contribution in [0.2, 0.25) is 0 Å². The number of hydrogen-bond donors (Lipinski definition) is 2. The average Bonchev–Trinajstić information content (AvgIpc) is 2.42. The number of rotatable bonds is 4. The number of aromatic nitrogens is 1. The molecule has 19 heavy (non-hydrogen) atoms. The summed E-state index contributed by atoms with van der Waals surface area (Å²) in [6.07, 6.45) is 5.08. The van der Waals surface area contributed by atoms with Crippen LogP contribution in [-0.2, 0) is 4.74 Å². The predicted molar refractivity (Wildman–Crippen MR) is 75.4 cm³/mol. The van der Waals surface area contributed by atoms with Gasteiger partial charge < -0.3 is 4.74 Å². The molecule has 1 aromatic heterocycles. The first-order chi connectivity index (χ1) is 9.29. The zero-order valence-corrected chi connectivity index (χ0v) is 11.1. The maximum atomic E-state index is 5.77. The fraction of sp³-hybridized carbons (Fsp3) is 0.400. The summed E-state index contributed by atoms with van der Waals surface area (Å²) in [5.41, 5.74) is 4.88. The Labute approximate surface area is 112 Å². The molecule has 0 spiro atoms. The predicted octanol–water partition coefficient (Wildman–Crippen LogP) is 2.31. The van der Waals surface area contributed by atoms with Gasteiger partial charge in [0.05, 0.1) is 17.2 Å². The van der Waals surface area contributed by atoms with Gasteiger partial charge >= 0.3 is 0 Å². The molecule has 4 nitrogen and oxygen atoms in total. The van der Waals surface area contributed by atoms with Crippen molar-refractivity contribution in [3.05, 3.63) is 42.1 Å². The number of hydrogen-bond acceptors (Lipinski definition) is 4. The van der Waals surface area contributed by atoms with E-state index in [2.05, 4.69) is 34.7 Å². The molecule has 0 aliphatic heterocycles. The minimum absolute atomic E-state index is 0.0117. The quantitative estimate of drug-likeness (QED) is 0.652. The molecule has 3 N–H and O–H groups in total. The van der Waals surface area contributed by atoms with E-state index in [0.717, 1.165) is 29.3 Å². The highest BCUT2D eigenvalue weighted by Gasteiger charge is 2.44. The standard InChI is InChI=1S/C15H19N3O/c1-19-15(7-3-8-15)14(18-16)12-6-5-11-4-2-9-17-13(11)10-12/h2,4-6,9-10,14,18H,3,7-8,16H2,1H3. The molecule has 0 radical (unpaired) electrons. The van der Waals surface area contributed by atoms with Gasteiger partial charge in [0, 0.05) is 18.7 Å². The molecule has 3 rings (SSSR count). The van der Waals surface area contributed by atoms with E-state index in [0.29, 0.717) is 0 Å². The van der Waals surface area contributed by atoms with Crippen LogP contribution in [0.4, 0.5) is 0 Å². The number of hydrazine groups is 1. The SMILES string of the molecule is COC1(C(NN)c2ccc3cccnc3c2)CCC1. The maximum Gasteiger partial charge on any atom is 0.0885 e. The van der Waals surface area contributed by atoms with Crippen molar-refractivity contribution < 1.29 is 4.74 Å². The largest absolute Gasteiger partial charge is 0.376 e. The van der Waals surface area contributed by atoms with Gasteiger partial charge in [0.15, 0.2) is 0 Å². The van der Waals surface area contributed by atoms with Crippen molar-refractivity contribution >= 4 is 10.9 Å². The molecule has 1 aromatic carbocycles. The highest BCUT2D eigenvalue weighted by atomic mass is 16.5. The van der Waals surface area contributed by atoms with E-state index >= 15 is 0 Å². The van der Waals surface area contributed by atoms with Crippen molar-refractivity contribution in [2.24, 2.45) is 5.84 Å². The second-order valence-corrected chi connectivity index (χ2v) is 5.18. The summed E-state index contributed by atoms with van der Waals surface area (Å²) in [4.78, 5) is 4.40. The molecule has 0 amide bonds. The number of nitrogens with zero attached hydrogens (tertiary/aromatic N) is 1. The highest BCUT2D eigenvalue weighted by molar-refractivity contribution is 5.79. The van der Waals surface area contributed by atoms with Gasteiger partial charge in [-0.3, -0.25) is 16.3 Å². The molecule has 4 heteroatoms. The summed E-state index contributed by atoms with van der Waals surface area (Å²) in [5, 5.41) is 1.14. The maximum absolute atomic E-state index is 5.77. The van der Waals surface area contributed by atoms with E-state index in [1.54, 1.807) is 7.11 Å². The molecule has 1 saturated carbocycles. The Morgan fingerprint density at radius 3 is 2.84 bits per heavy atom. The Morgan fingerprint density at radius 2 is 2.21 bits per heavy atom. The third-order valence-electron chi connectivity index (χ3n) is 4.26. The fourth-order valence-electron chi connectivity index (χ4n) is 2.95. The van der Waals surface area contributed by atoms with Gasteiger partial charge in [0.25, 0.3) is 0 Å². The summed E-state index contributed by atoms with van der Waals surface area (Å²) < 4.78 is 5.73. The van der Waals surface area contributed by atoms with Gasteiger partial charge in [-0.15, -0.1) is 0 Å². The summed E-state index contributed by atoms with van der Waals surface area (Å²) in [6.45, 7) is 0. The number of ether oxygens (including phenoxy) is 1. The Morgan fingerprint density at radius 1 is 1.37 bits per heavy atom. The number of nitrogens with two attached hydrogens (primary N) is 1. The van der Waals surface area contributed by atoms with Crippen molar-refractivity contribution in [2.75, 3.05) is 7.11 Å². The molecule has 1 unspecified atom stereocenters. The van der Waals surface area contributed by atoms with E-state index in [-0.39, 0.29) is 11.6 Å². The molecule has 0 saturated heterocycles. The molecule has 1 atom stereocenters. The first-order valence-corrected chi connectivity index (χ1v) is 6.65. The van der Waals surface area contributed by atoms with Gasteiger partial charge in [-0.2, -0.15) is 0 Å². The lowest BCUT2D eigenvalue weighted by Crippen LogP contribution is -2.52. The molecule has 2 aromatic rings. The van der Waals surface area contributed by atoms with Crippen molar-refractivity contribution in [3.63, 3.8) is 0 Å². The van der Waals surface area contributed by atoms with Crippen LogP contribution in [0, 0.1) is 0 Å². The van der Waals surface area contributed by atoms with Gasteiger partial charge in [-0.05, 0) is 37.0 Å². The normalized spacial score (nSPS) is 19.1. The highest BCUT2D eigenvalue weighted by Crippen LogP contribution is 2.44. The second-order valence-electron chi connectivity index (χ2n) is 5.18. The van der Waals surface area contributed by atoms with E-state index < -0.39 is 0 Å². The first kappa shape index (κ1) is 12.5. The molecule has 1 heterocycles. The van der Waals surface area contributed by atoms with Crippen LogP contribution in [0.5, 0.6) is 0 Å². The average molecular weight is 257 g/mol. The Kier molecular flexibility index (Phi) is 3.22. The van der Waals surface area contributed by atoms with Crippen LogP contribution < -0.4 is 11.3 Å². The molecule has 0 bridgehead atoms. The lowest BCUT2D eigenvalue weighted by molar-refractivity contribution is -0.0998. The number of pyridine rings is 1. The second kappa shape index (κ2) is 4.89. The summed E-state index contributed by atoms with van der Waals surface area (Å²) in [7, 11) is 1.77. The third-order valence-corrected chi connectivity index (χ3v) is 4.26. The van der Waals surface area contributed by atoms with E-state index in [1.165, 1.54) is 6.42 Å².